The van der Waals surface area contributed by atoms with Gasteiger partial charge in [-0.15, -0.1) is 0 Å². The molecule has 0 fully saturated rings. The zero-order valence-corrected chi connectivity index (χ0v) is 16.4. The summed E-state index contributed by atoms with van der Waals surface area (Å²) in [5.41, 5.74) is 4.67. The summed E-state index contributed by atoms with van der Waals surface area (Å²) in [6.45, 7) is 3.11. The van der Waals surface area contributed by atoms with Gasteiger partial charge < -0.3 is 0 Å². The molecule has 148 valence electrons. The Morgan fingerprint density at radius 3 is 2.25 bits per heavy atom. The van der Waals surface area contributed by atoms with Gasteiger partial charge in [-0.05, 0) is 42.7 Å². The van der Waals surface area contributed by atoms with Gasteiger partial charge in [0.2, 0.25) is 10.0 Å². The molecule has 2 aromatic rings. The summed E-state index contributed by atoms with van der Waals surface area (Å²) < 4.78 is 25.4. The molecule has 1 amide bonds. The lowest BCUT2D eigenvalue weighted by molar-refractivity contribution is -0.384. The van der Waals surface area contributed by atoms with Gasteiger partial charge in [0.25, 0.3) is 11.6 Å². The first kappa shape index (κ1) is 21.0. The minimum Gasteiger partial charge on any atom is -0.271 e. The molecule has 28 heavy (non-hydrogen) atoms. The number of amides is 1. The lowest BCUT2D eigenvalue weighted by Crippen LogP contribution is -2.39. The van der Waals surface area contributed by atoms with Crippen LogP contribution in [0.3, 0.4) is 0 Å². The monoisotopic (exact) mass is 404 g/mol. The number of carbonyl (C=O) groups excluding carboxylic acids is 1. The predicted octanol–water partition coefficient (Wildman–Crippen LogP) is 2.13. The van der Waals surface area contributed by atoms with Gasteiger partial charge in [0.05, 0.1) is 23.1 Å². The summed E-state index contributed by atoms with van der Waals surface area (Å²) >= 11 is 0. The summed E-state index contributed by atoms with van der Waals surface area (Å²) in [5.74, 6) is -0.619. The van der Waals surface area contributed by atoms with Gasteiger partial charge in [0.1, 0.15) is 6.54 Å². The van der Waals surface area contributed by atoms with Gasteiger partial charge in [-0.25, -0.2) is 13.8 Å². The van der Waals surface area contributed by atoms with Crippen LogP contribution in [-0.2, 0) is 14.8 Å². The van der Waals surface area contributed by atoms with Crippen molar-refractivity contribution in [3.63, 3.8) is 0 Å². The fraction of sp³-hybridized carbons (Fsp3) is 0.222. The van der Waals surface area contributed by atoms with Crippen molar-refractivity contribution in [2.75, 3.05) is 17.1 Å². The highest BCUT2D eigenvalue weighted by Gasteiger charge is 2.23. The minimum absolute atomic E-state index is 0.0569. The van der Waals surface area contributed by atoms with Crippen LogP contribution in [0.2, 0.25) is 0 Å². The lowest BCUT2D eigenvalue weighted by atomic mass is 10.1. The minimum atomic E-state index is -3.69. The predicted molar refractivity (Wildman–Crippen MR) is 107 cm³/mol. The van der Waals surface area contributed by atoms with E-state index < -0.39 is 27.4 Å². The van der Waals surface area contributed by atoms with Gasteiger partial charge in [-0.1, -0.05) is 18.2 Å². The molecule has 0 saturated carbocycles. The number of benzene rings is 2. The van der Waals surface area contributed by atoms with Crippen LogP contribution in [0.25, 0.3) is 0 Å². The second kappa shape index (κ2) is 8.61. The number of hydrogen-bond donors (Lipinski definition) is 1. The van der Waals surface area contributed by atoms with E-state index in [0.29, 0.717) is 11.3 Å². The molecule has 2 rings (SSSR count). The number of aryl methyl sites for hydroxylation is 2. The van der Waals surface area contributed by atoms with Crippen LogP contribution in [-0.4, -0.2) is 38.3 Å². The van der Waals surface area contributed by atoms with Crippen molar-refractivity contribution in [3.05, 3.63) is 69.3 Å². The average Bonchev–Trinajstić information content (AvgIpc) is 2.60. The zero-order valence-electron chi connectivity index (χ0n) is 15.6. The van der Waals surface area contributed by atoms with Crippen LogP contribution >= 0.6 is 0 Å². The van der Waals surface area contributed by atoms with E-state index in [0.717, 1.165) is 21.7 Å². The van der Waals surface area contributed by atoms with E-state index in [1.165, 1.54) is 30.5 Å². The van der Waals surface area contributed by atoms with E-state index in [1.807, 2.05) is 6.07 Å². The van der Waals surface area contributed by atoms with E-state index in [-0.39, 0.29) is 5.69 Å². The molecule has 0 heterocycles. The Bertz CT molecular complexity index is 997. The van der Waals surface area contributed by atoms with E-state index in [1.54, 1.807) is 26.0 Å². The van der Waals surface area contributed by atoms with Crippen molar-refractivity contribution in [1.82, 2.24) is 5.43 Å². The molecule has 0 aliphatic carbocycles. The van der Waals surface area contributed by atoms with Crippen molar-refractivity contribution in [3.8, 4) is 0 Å². The summed E-state index contributed by atoms with van der Waals surface area (Å²) in [7, 11) is -3.69. The van der Waals surface area contributed by atoms with Crippen molar-refractivity contribution >= 4 is 33.5 Å². The van der Waals surface area contributed by atoms with Crippen molar-refractivity contribution in [2.24, 2.45) is 5.10 Å². The molecule has 9 nitrogen and oxygen atoms in total. The number of carbonyl (C=O) groups is 1. The number of nitrogens with one attached hydrogen (secondary N) is 1. The number of sulfonamides is 1. The fourth-order valence-corrected chi connectivity index (χ4v) is 3.56. The first-order valence-corrected chi connectivity index (χ1v) is 10.0. The first-order valence-electron chi connectivity index (χ1n) is 8.20. The summed E-state index contributed by atoms with van der Waals surface area (Å²) in [6.07, 6.45) is 2.34. The van der Waals surface area contributed by atoms with E-state index >= 15 is 0 Å². The third kappa shape index (κ3) is 5.36. The Morgan fingerprint density at radius 1 is 1.18 bits per heavy atom. The van der Waals surface area contributed by atoms with E-state index in [9.17, 15) is 23.3 Å². The molecule has 2 aromatic carbocycles. The van der Waals surface area contributed by atoms with Gasteiger partial charge in [0, 0.05) is 12.1 Å². The molecule has 0 saturated heterocycles. The number of rotatable bonds is 7. The van der Waals surface area contributed by atoms with Crippen molar-refractivity contribution < 1.29 is 18.1 Å². The standard InChI is InChI=1S/C18H20N4O5S/c1-13-5-4-6-14(2)18(13)21(28(3,26)27)12-17(23)20-19-11-15-7-9-16(10-8-15)22(24)25/h4-11H,12H2,1-3H3,(H,20,23)/b19-11+. The van der Waals surface area contributed by atoms with Crippen LogP contribution in [0.4, 0.5) is 11.4 Å². The number of nitrogens with zero attached hydrogens (tertiary/aromatic N) is 3. The molecule has 0 radical (unpaired) electrons. The number of non-ortho nitro benzene ring substituents is 1. The molecule has 0 spiro atoms. The highest BCUT2D eigenvalue weighted by atomic mass is 32.2. The maximum atomic E-state index is 12.2. The smallest absolute Gasteiger partial charge is 0.269 e. The molecule has 0 bridgehead atoms. The molecule has 10 heteroatoms. The number of hydrogen-bond acceptors (Lipinski definition) is 6. The van der Waals surface area contributed by atoms with Crippen molar-refractivity contribution in [2.45, 2.75) is 13.8 Å². The number of hydrazone groups is 1. The first-order chi connectivity index (χ1) is 13.1. The Kier molecular flexibility index (Phi) is 6.47. The van der Waals surface area contributed by atoms with Crippen LogP contribution in [0.5, 0.6) is 0 Å². The Labute approximate surface area is 162 Å². The third-order valence-corrected chi connectivity index (χ3v) is 5.00. The molecule has 0 aromatic heterocycles. The maximum Gasteiger partial charge on any atom is 0.269 e. The Balaban J connectivity index is 2.11. The lowest BCUT2D eigenvalue weighted by Gasteiger charge is -2.25. The summed E-state index contributed by atoms with van der Waals surface area (Å²) in [5, 5.41) is 14.4. The topological polar surface area (TPSA) is 122 Å². The highest BCUT2D eigenvalue weighted by Crippen LogP contribution is 2.26. The molecule has 1 N–H and O–H groups in total. The number of anilines is 1. The van der Waals surface area contributed by atoms with Gasteiger partial charge in [-0.2, -0.15) is 5.10 Å². The number of nitro benzene ring substituents is 1. The molecular formula is C18H20N4O5S. The largest absolute Gasteiger partial charge is 0.271 e. The summed E-state index contributed by atoms with van der Waals surface area (Å²) in [6, 6.07) is 10.9. The second-order valence-corrected chi connectivity index (χ2v) is 8.06. The molecular weight excluding hydrogens is 384 g/mol. The molecule has 0 atom stereocenters. The number of para-hydroxylation sites is 1. The quantitative estimate of drug-likeness (QED) is 0.430. The number of nitro groups is 1. The maximum absolute atomic E-state index is 12.2. The molecule has 0 aliphatic heterocycles. The van der Waals surface area contributed by atoms with E-state index in [2.05, 4.69) is 10.5 Å². The average molecular weight is 404 g/mol. The van der Waals surface area contributed by atoms with Crippen LogP contribution in [0.1, 0.15) is 16.7 Å². The molecule has 0 unspecified atom stereocenters. The van der Waals surface area contributed by atoms with Crippen molar-refractivity contribution in [1.29, 1.82) is 0 Å². The second-order valence-electron chi connectivity index (χ2n) is 6.15. The summed E-state index contributed by atoms with van der Waals surface area (Å²) in [4.78, 5) is 22.3. The SMILES string of the molecule is Cc1cccc(C)c1N(CC(=O)N/N=C/c1ccc([N+](=O)[O-])cc1)S(C)(=O)=O. The highest BCUT2D eigenvalue weighted by molar-refractivity contribution is 7.92. The Morgan fingerprint density at radius 2 is 1.75 bits per heavy atom. The Hall–Kier alpha value is -3.27. The van der Waals surface area contributed by atoms with Gasteiger partial charge in [0.15, 0.2) is 0 Å². The van der Waals surface area contributed by atoms with Gasteiger partial charge in [-0.3, -0.25) is 19.2 Å². The van der Waals surface area contributed by atoms with E-state index in [4.69, 9.17) is 0 Å². The van der Waals surface area contributed by atoms with Gasteiger partial charge >= 0.3 is 0 Å². The van der Waals surface area contributed by atoms with Crippen LogP contribution in [0.15, 0.2) is 47.6 Å². The normalized spacial score (nSPS) is 11.4. The molecule has 0 aliphatic rings. The van der Waals surface area contributed by atoms with Crippen LogP contribution in [0, 0.1) is 24.0 Å². The fourth-order valence-electron chi connectivity index (χ4n) is 2.59. The third-order valence-electron chi connectivity index (χ3n) is 3.88. The van der Waals surface area contributed by atoms with Crippen LogP contribution < -0.4 is 9.73 Å². The zero-order chi connectivity index (χ0) is 20.9.